The summed E-state index contributed by atoms with van der Waals surface area (Å²) in [4.78, 5) is 0. The summed E-state index contributed by atoms with van der Waals surface area (Å²) < 4.78 is 11.5. The van der Waals surface area contributed by atoms with Crippen molar-refractivity contribution in [3.05, 3.63) is 23.8 Å². The highest BCUT2D eigenvalue weighted by Gasteiger charge is 2.22. The SMILES string of the molecule is CCOc1cccc(CNC2CC2)c1OCC(C)(C)O. The predicted octanol–water partition coefficient (Wildman–Crippen LogP) is 2.49. The van der Waals surface area contributed by atoms with E-state index in [0.717, 1.165) is 23.6 Å². The lowest BCUT2D eigenvalue weighted by molar-refractivity contribution is 0.0270. The minimum absolute atomic E-state index is 0.244. The van der Waals surface area contributed by atoms with Crippen LogP contribution in [-0.2, 0) is 6.54 Å². The summed E-state index contributed by atoms with van der Waals surface area (Å²) in [5, 5.41) is 13.3. The van der Waals surface area contributed by atoms with E-state index < -0.39 is 5.60 Å². The molecule has 0 heterocycles. The molecule has 4 nitrogen and oxygen atoms in total. The van der Waals surface area contributed by atoms with Gasteiger partial charge in [-0.1, -0.05) is 12.1 Å². The van der Waals surface area contributed by atoms with E-state index in [9.17, 15) is 5.11 Å². The van der Waals surface area contributed by atoms with Crippen LogP contribution in [0.4, 0.5) is 0 Å². The zero-order valence-electron chi connectivity index (χ0n) is 12.6. The number of hydrogen-bond donors (Lipinski definition) is 2. The molecule has 1 aromatic rings. The third-order valence-corrected chi connectivity index (χ3v) is 3.09. The lowest BCUT2D eigenvalue weighted by Crippen LogP contribution is -2.28. The standard InChI is InChI=1S/C16H25NO3/c1-4-19-14-7-5-6-12(10-17-13-8-9-13)15(14)20-11-16(2,3)18/h5-7,13,17-18H,4,8-11H2,1-3H3. The zero-order valence-corrected chi connectivity index (χ0v) is 12.6. The number of ether oxygens (including phenoxy) is 2. The van der Waals surface area contributed by atoms with Crippen molar-refractivity contribution in [1.82, 2.24) is 5.32 Å². The molecule has 0 radical (unpaired) electrons. The van der Waals surface area contributed by atoms with Crippen molar-refractivity contribution in [1.29, 1.82) is 0 Å². The topological polar surface area (TPSA) is 50.7 Å². The number of nitrogens with one attached hydrogen (secondary N) is 1. The molecular weight excluding hydrogens is 254 g/mol. The Labute approximate surface area is 121 Å². The van der Waals surface area contributed by atoms with Crippen LogP contribution in [0, 0.1) is 0 Å². The van der Waals surface area contributed by atoms with Gasteiger partial charge in [0.15, 0.2) is 11.5 Å². The van der Waals surface area contributed by atoms with E-state index in [1.54, 1.807) is 13.8 Å². The van der Waals surface area contributed by atoms with Crippen LogP contribution in [0.3, 0.4) is 0 Å². The lowest BCUT2D eigenvalue weighted by atomic mass is 10.1. The Hall–Kier alpha value is -1.26. The Kier molecular flexibility index (Phi) is 4.89. The van der Waals surface area contributed by atoms with Crippen LogP contribution in [0.25, 0.3) is 0 Å². The molecule has 1 saturated carbocycles. The second-order valence-corrected chi connectivity index (χ2v) is 5.93. The average molecular weight is 279 g/mol. The highest BCUT2D eigenvalue weighted by molar-refractivity contribution is 5.46. The molecule has 1 aromatic carbocycles. The van der Waals surface area contributed by atoms with Gasteiger partial charge in [-0.2, -0.15) is 0 Å². The predicted molar refractivity (Wildman–Crippen MR) is 79.3 cm³/mol. The summed E-state index contributed by atoms with van der Waals surface area (Å²) in [6, 6.07) is 6.57. The molecule has 0 aromatic heterocycles. The van der Waals surface area contributed by atoms with E-state index in [4.69, 9.17) is 9.47 Å². The molecule has 1 fully saturated rings. The summed E-state index contributed by atoms with van der Waals surface area (Å²) in [5.74, 6) is 1.48. The molecule has 0 bridgehead atoms. The number of aliphatic hydroxyl groups is 1. The molecule has 112 valence electrons. The molecule has 0 amide bonds. The van der Waals surface area contributed by atoms with E-state index in [2.05, 4.69) is 5.32 Å². The number of rotatable bonds is 8. The zero-order chi connectivity index (χ0) is 14.6. The van der Waals surface area contributed by atoms with Gasteiger partial charge in [-0.25, -0.2) is 0 Å². The minimum Gasteiger partial charge on any atom is -0.490 e. The maximum atomic E-state index is 9.84. The second-order valence-electron chi connectivity index (χ2n) is 5.93. The van der Waals surface area contributed by atoms with Crippen molar-refractivity contribution in [2.24, 2.45) is 0 Å². The fourth-order valence-electron chi connectivity index (χ4n) is 1.92. The Bertz CT molecular complexity index is 436. The Balaban J connectivity index is 2.12. The monoisotopic (exact) mass is 279 g/mol. The molecule has 0 saturated heterocycles. The van der Waals surface area contributed by atoms with Crippen LogP contribution in [0.5, 0.6) is 11.5 Å². The molecule has 1 aliphatic carbocycles. The van der Waals surface area contributed by atoms with E-state index >= 15 is 0 Å². The smallest absolute Gasteiger partial charge is 0.165 e. The van der Waals surface area contributed by atoms with Crippen LogP contribution >= 0.6 is 0 Å². The Morgan fingerprint density at radius 3 is 2.65 bits per heavy atom. The van der Waals surface area contributed by atoms with Crippen molar-refractivity contribution >= 4 is 0 Å². The van der Waals surface area contributed by atoms with Gasteiger partial charge in [0.25, 0.3) is 0 Å². The van der Waals surface area contributed by atoms with Crippen LogP contribution in [0.2, 0.25) is 0 Å². The minimum atomic E-state index is -0.861. The van der Waals surface area contributed by atoms with Crippen LogP contribution < -0.4 is 14.8 Å². The van der Waals surface area contributed by atoms with Crippen LogP contribution in [0.15, 0.2) is 18.2 Å². The second kappa shape index (κ2) is 6.46. The summed E-state index contributed by atoms with van der Waals surface area (Å²) in [6.45, 7) is 7.03. The van der Waals surface area contributed by atoms with Gasteiger partial charge in [0.05, 0.1) is 12.2 Å². The first-order chi connectivity index (χ1) is 9.49. The third-order valence-electron chi connectivity index (χ3n) is 3.09. The maximum Gasteiger partial charge on any atom is 0.165 e. The van der Waals surface area contributed by atoms with Crippen molar-refractivity contribution in [2.75, 3.05) is 13.2 Å². The summed E-state index contributed by atoms with van der Waals surface area (Å²) in [5.41, 5.74) is 0.215. The van der Waals surface area contributed by atoms with Gasteiger partial charge in [0.2, 0.25) is 0 Å². The normalized spacial score (nSPS) is 15.2. The Morgan fingerprint density at radius 2 is 2.05 bits per heavy atom. The summed E-state index contributed by atoms with van der Waals surface area (Å²) >= 11 is 0. The highest BCUT2D eigenvalue weighted by atomic mass is 16.5. The van der Waals surface area contributed by atoms with Gasteiger partial charge < -0.3 is 19.9 Å². The first kappa shape index (κ1) is 15.1. The molecule has 0 unspecified atom stereocenters. The molecule has 4 heteroatoms. The molecule has 0 atom stereocenters. The largest absolute Gasteiger partial charge is 0.490 e. The van der Waals surface area contributed by atoms with Crippen LogP contribution in [-0.4, -0.2) is 30.0 Å². The van der Waals surface area contributed by atoms with E-state index in [-0.39, 0.29) is 6.61 Å². The molecular formula is C16H25NO3. The van der Waals surface area contributed by atoms with Gasteiger partial charge in [0.1, 0.15) is 6.61 Å². The highest BCUT2D eigenvalue weighted by Crippen LogP contribution is 2.32. The lowest BCUT2D eigenvalue weighted by Gasteiger charge is -2.21. The molecule has 2 rings (SSSR count). The van der Waals surface area contributed by atoms with Crippen LogP contribution in [0.1, 0.15) is 39.2 Å². The first-order valence-corrected chi connectivity index (χ1v) is 7.33. The summed E-state index contributed by atoms with van der Waals surface area (Å²) in [7, 11) is 0. The van der Waals surface area contributed by atoms with Gasteiger partial charge in [-0.15, -0.1) is 0 Å². The van der Waals surface area contributed by atoms with Gasteiger partial charge >= 0.3 is 0 Å². The molecule has 1 aliphatic rings. The Morgan fingerprint density at radius 1 is 1.30 bits per heavy atom. The number of hydrogen-bond acceptors (Lipinski definition) is 4. The third kappa shape index (κ3) is 4.69. The van der Waals surface area contributed by atoms with Gasteiger partial charge in [-0.05, 0) is 39.7 Å². The fraction of sp³-hybridized carbons (Fsp3) is 0.625. The van der Waals surface area contributed by atoms with Gasteiger partial charge in [-0.3, -0.25) is 0 Å². The van der Waals surface area contributed by atoms with Crippen molar-refractivity contribution in [3.8, 4) is 11.5 Å². The number of benzene rings is 1. The quantitative estimate of drug-likeness (QED) is 0.767. The average Bonchev–Trinajstić information content (AvgIpc) is 3.18. The molecule has 0 aliphatic heterocycles. The summed E-state index contributed by atoms with van der Waals surface area (Å²) in [6.07, 6.45) is 2.51. The van der Waals surface area contributed by atoms with Gasteiger partial charge in [0, 0.05) is 18.2 Å². The number of para-hydroxylation sites is 1. The fourth-order valence-corrected chi connectivity index (χ4v) is 1.92. The maximum absolute atomic E-state index is 9.84. The van der Waals surface area contributed by atoms with Crippen molar-refractivity contribution in [3.63, 3.8) is 0 Å². The first-order valence-electron chi connectivity index (χ1n) is 7.33. The van der Waals surface area contributed by atoms with E-state index in [1.165, 1.54) is 12.8 Å². The molecule has 0 spiro atoms. The van der Waals surface area contributed by atoms with Crippen molar-refractivity contribution in [2.45, 2.75) is 51.8 Å². The van der Waals surface area contributed by atoms with E-state index in [1.807, 2.05) is 25.1 Å². The molecule has 2 N–H and O–H groups in total. The van der Waals surface area contributed by atoms with E-state index in [0.29, 0.717) is 12.6 Å². The van der Waals surface area contributed by atoms with Crippen molar-refractivity contribution < 1.29 is 14.6 Å². The molecule has 20 heavy (non-hydrogen) atoms.